The second kappa shape index (κ2) is 8.03. The minimum Gasteiger partial charge on any atom is -0.493 e. The zero-order valence-electron chi connectivity index (χ0n) is 12.9. The third kappa shape index (κ3) is 4.46. The first-order valence-electron chi connectivity index (χ1n) is 6.94. The fraction of sp³-hybridized carbons (Fsp3) is 0.500. The Balaban J connectivity index is 2.96. The zero-order chi connectivity index (χ0) is 16.0. The number of halogens is 1. The number of ketones is 1. The van der Waals surface area contributed by atoms with Crippen LogP contribution in [0.15, 0.2) is 6.07 Å². The summed E-state index contributed by atoms with van der Waals surface area (Å²) in [5.74, 6) is 0.174. The van der Waals surface area contributed by atoms with Gasteiger partial charge in [0.1, 0.15) is 5.75 Å². The minimum atomic E-state index is -0.313. The highest BCUT2D eigenvalue weighted by atomic mass is 35.5. The van der Waals surface area contributed by atoms with E-state index < -0.39 is 0 Å². The van der Waals surface area contributed by atoms with Gasteiger partial charge >= 0.3 is 5.97 Å². The first-order valence-corrected chi connectivity index (χ1v) is 7.32. The molecule has 0 heterocycles. The molecule has 116 valence electrons. The van der Waals surface area contributed by atoms with E-state index in [9.17, 15) is 9.59 Å². The van der Waals surface area contributed by atoms with Gasteiger partial charge in [0.25, 0.3) is 0 Å². The summed E-state index contributed by atoms with van der Waals surface area (Å²) < 4.78 is 10.1. The first-order chi connectivity index (χ1) is 9.92. The lowest BCUT2D eigenvalue weighted by Gasteiger charge is -2.15. The van der Waals surface area contributed by atoms with Gasteiger partial charge in [0.05, 0.1) is 19.3 Å². The minimum absolute atomic E-state index is 0.0678. The molecule has 0 radical (unpaired) electrons. The Hall–Kier alpha value is -1.55. The van der Waals surface area contributed by atoms with Crippen molar-refractivity contribution in [1.82, 2.24) is 0 Å². The van der Waals surface area contributed by atoms with Gasteiger partial charge < -0.3 is 9.47 Å². The number of carbonyl (C=O) groups is 2. The molecular weight excluding hydrogens is 292 g/mol. The van der Waals surface area contributed by atoms with Crippen LogP contribution in [-0.2, 0) is 9.53 Å². The third-order valence-electron chi connectivity index (χ3n) is 3.24. The molecule has 0 aromatic heterocycles. The maximum atomic E-state index is 12.4. The number of hydrogen-bond donors (Lipinski definition) is 0. The Kier molecular flexibility index (Phi) is 6.69. The van der Waals surface area contributed by atoms with Gasteiger partial charge in [-0.05, 0) is 44.4 Å². The Morgan fingerprint density at radius 1 is 1.24 bits per heavy atom. The van der Waals surface area contributed by atoms with Crippen LogP contribution < -0.4 is 4.74 Å². The summed E-state index contributed by atoms with van der Waals surface area (Å²) in [6.07, 6.45) is 0.933. The maximum absolute atomic E-state index is 12.4. The van der Waals surface area contributed by atoms with Gasteiger partial charge in [-0.3, -0.25) is 9.59 Å². The number of rotatable bonds is 7. The molecule has 0 fully saturated rings. The molecule has 0 unspecified atom stereocenters. The molecule has 0 aliphatic heterocycles. The number of esters is 1. The molecule has 1 aromatic rings. The summed E-state index contributed by atoms with van der Waals surface area (Å²) in [6.45, 7) is 6.03. The van der Waals surface area contributed by atoms with Crippen LogP contribution in [0.1, 0.15) is 47.7 Å². The second-order valence-electron chi connectivity index (χ2n) is 4.79. The summed E-state index contributed by atoms with van der Waals surface area (Å²) in [6, 6.07) is 1.78. The molecule has 4 nitrogen and oxygen atoms in total. The van der Waals surface area contributed by atoms with Gasteiger partial charge in [0, 0.05) is 17.9 Å². The van der Waals surface area contributed by atoms with E-state index in [1.165, 1.54) is 7.11 Å². The highest BCUT2D eigenvalue weighted by Gasteiger charge is 2.19. The van der Waals surface area contributed by atoms with Crippen LogP contribution >= 0.6 is 11.6 Å². The third-order valence-corrected chi connectivity index (χ3v) is 3.82. The largest absolute Gasteiger partial charge is 0.493 e. The van der Waals surface area contributed by atoms with Gasteiger partial charge in [-0.2, -0.15) is 0 Å². The smallest absolute Gasteiger partial charge is 0.305 e. The van der Waals surface area contributed by atoms with E-state index >= 15 is 0 Å². The molecule has 0 aliphatic rings. The van der Waals surface area contributed by atoms with E-state index in [1.54, 1.807) is 6.07 Å². The quantitative estimate of drug-likeness (QED) is 0.566. The Morgan fingerprint density at radius 3 is 2.48 bits per heavy atom. The molecule has 0 atom stereocenters. The predicted octanol–water partition coefficient (Wildman–Crippen LogP) is 3.88. The summed E-state index contributed by atoms with van der Waals surface area (Å²) in [7, 11) is 1.33. The van der Waals surface area contributed by atoms with Crippen molar-refractivity contribution in [3.63, 3.8) is 0 Å². The molecule has 5 heteroatoms. The summed E-state index contributed by atoms with van der Waals surface area (Å²) >= 11 is 6.22. The van der Waals surface area contributed by atoms with E-state index in [0.29, 0.717) is 29.4 Å². The van der Waals surface area contributed by atoms with Crippen molar-refractivity contribution < 1.29 is 19.1 Å². The Labute approximate surface area is 130 Å². The molecule has 1 rings (SSSR count). The van der Waals surface area contributed by atoms with Gasteiger partial charge in [0.15, 0.2) is 5.78 Å². The number of methoxy groups -OCH3 is 1. The number of benzene rings is 1. The van der Waals surface area contributed by atoms with Crippen molar-refractivity contribution in [3.8, 4) is 5.75 Å². The molecule has 0 amide bonds. The average molecular weight is 313 g/mol. The second-order valence-corrected chi connectivity index (χ2v) is 5.17. The Morgan fingerprint density at radius 2 is 1.90 bits per heavy atom. The fourth-order valence-corrected chi connectivity index (χ4v) is 2.31. The molecule has 0 N–H and O–H groups in total. The number of Topliss-reactive ketones (excluding diaryl/α,β-unsaturated/α-hetero) is 1. The monoisotopic (exact) mass is 312 g/mol. The van der Waals surface area contributed by atoms with Crippen molar-refractivity contribution >= 4 is 23.4 Å². The van der Waals surface area contributed by atoms with Crippen LogP contribution in [0.3, 0.4) is 0 Å². The summed E-state index contributed by atoms with van der Waals surface area (Å²) in [5, 5.41) is 0.578. The molecular formula is C16H21ClO4. The summed E-state index contributed by atoms with van der Waals surface area (Å²) in [5.41, 5.74) is 2.12. The number of aryl methyl sites for hydroxylation is 1. The topological polar surface area (TPSA) is 52.6 Å². The van der Waals surface area contributed by atoms with Crippen LogP contribution in [0.25, 0.3) is 0 Å². The lowest BCUT2D eigenvalue weighted by Crippen LogP contribution is -2.09. The van der Waals surface area contributed by atoms with Crippen LogP contribution in [0.4, 0.5) is 0 Å². The number of carbonyl (C=O) groups excluding carboxylic acids is 2. The highest BCUT2D eigenvalue weighted by molar-refractivity contribution is 6.32. The highest BCUT2D eigenvalue weighted by Crippen LogP contribution is 2.33. The van der Waals surface area contributed by atoms with Crippen molar-refractivity contribution in [2.75, 3.05) is 13.7 Å². The van der Waals surface area contributed by atoms with Crippen molar-refractivity contribution in [2.45, 2.75) is 40.0 Å². The van der Waals surface area contributed by atoms with Crippen LogP contribution in [0.2, 0.25) is 5.02 Å². The standard InChI is InChI=1S/C16H21ClO4/c1-5-21-13-9-10(2)16(17)11(3)15(13)12(18)7-6-8-14(19)20-4/h9H,5-8H2,1-4H3. The van der Waals surface area contributed by atoms with E-state index in [-0.39, 0.29) is 24.6 Å². The number of hydrogen-bond acceptors (Lipinski definition) is 4. The predicted molar refractivity (Wildman–Crippen MR) is 82.3 cm³/mol. The lowest BCUT2D eigenvalue weighted by atomic mass is 9.97. The van der Waals surface area contributed by atoms with Gasteiger partial charge in [-0.25, -0.2) is 0 Å². The molecule has 21 heavy (non-hydrogen) atoms. The van der Waals surface area contributed by atoms with Crippen molar-refractivity contribution in [2.24, 2.45) is 0 Å². The molecule has 0 bridgehead atoms. The van der Waals surface area contributed by atoms with E-state index in [4.69, 9.17) is 16.3 Å². The van der Waals surface area contributed by atoms with Gasteiger partial charge in [-0.15, -0.1) is 0 Å². The van der Waals surface area contributed by atoms with Crippen molar-refractivity contribution in [3.05, 3.63) is 27.8 Å². The zero-order valence-corrected chi connectivity index (χ0v) is 13.7. The number of ether oxygens (including phenoxy) is 2. The van der Waals surface area contributed by atoms with E-state index in [2.05, 4.69) is 4.74 Å². The normalized spacial score (nSPS) is 10.3. The molecule has 0 saturated carbocycles. The first kappa shape index (κ1) is 17.5. The van der Waals surface area contributed by atoms with Gasteiger partial charge in [0.2, 0.25) is 0 Å². The van der Waals surface area contributed by atoms with Crippen LogP contribution in [0.5, 0.6) is 5.75 Å². The van der Waals surface area contributed by atoms with Crippen LogP contribution in [-0.4, -0.2) is 25.5 Å². The summed E-state index contributed by atoms with van der Waals surface area (Å²) in [4.78, 5) is 23.5. The Bertz CT molecular complexity index is 538. The van der Waals surface area contributed by atoms with E-state index in [1.807, 2.05) is 20.8 Å². The average Bonchev–Trinajstić information content (AvgIpc) is 2.45. The SMILES string of the molecule is CCOc1cc(C)c(Cl)c(C)c1C(=O)CCCC(=O)OC. The molecule has 1 aromatic carbocycles. The molecule has 0 saturated heterocycles. The fourth-order valence-electron chi connectivity index (χ4n) is 2.16. The van der Waals surface area contributed by atoms with E-state index in [0.717, 1.165) is 11.1 Å². The lowest BCUT2D eigenvalue weighted by molar-refractivity contribution is -0.140. The van der Waals surface area contributed by atoms with Gasteiger partial charge in [-0.1, -0.05) is 11.6 Å². The molecule has 0 aliphatic carbocycles. The maximum Gasteiger partial charge on any atom is 0.305 e. The van der Waals surface area contributed by atoms with Crippen molar-refractivity contribution in [1.29, 1.82) is 0 Å². The molecule has 0 spiro atoms. The van der Waals surface area contributed by atoms with Crippen LogP contribution in [0, 0.1) is 13.8 Å².